The first-order valence-corrected chi connectivity index (χ1v) is 8.40. The highest BCUT2D eigenvalue weighted by molar-refractivity contribution is 5.53. The summed E-state index contributed by atoms with van der Waals surface area (Å²) >= 11 is 0. The number of hydrogen-bond acceptors (Lipinski definition) is 5. The van der Waals surface area contributed by atoms with Crippen molar-refractivity contribution < 1.29 is 9.84 Å². The number of rotatable bonds is 8. The lowest BCUT2D eigenvalue weighted by Crippen LogP contribution is -2.18. The molecule has 1 N–H and O–H groups in total. The van der Waals surface area contributed by atoms with E-state index in [9.17, 15) is 5.11 Å². The molecule has 0 aliphatic rings. The van der Waals surface area contributed by atoms with E-state index >= 15 is 0 Å². The molecule has 0 aliphatic heterocycles. The number of benzene rings is 1. The first kappa shape index (κ1) is 17.3. The molecule has 0 unspecified atom stereocenters. The van der Waals surface area contributed by atoms with E-state index in [1.807, 2.05) is 49.4 Å². The lowest BCUT2D eigenvalue weighted by molar-refractivity contribution is 0.0927. The molecular formula is C19H22N4O2. The molecule has 1 atom stereocenters. The first-order chi connectivity index (χ1) is 12.3. The summed E-state index contributed by atoms with van der Waals surface area (Å²) in [6, 6.07) is 13.7. The summed E-state index contributed by atoms with van der Waals surface area (Å²) in [6.07, 6.45) is 3.62. The second-order valence-electron chi connectivity index (χ2n) is 5.81. The van der Waals surface area contributed by atoms with E-state index < -0.39 is 6.10 Å². The Balaban J connectivity index is 1.74. The Bertz CT molecular complexity index is 775. The summed E-state index contributed by atoms with van der Waals surface area (Å²) in [6.45, 7) is 3.19. The number of hydrogen-bond donors (Lipinski definition) is 1. The average Bonchev–Trinajstić information content (AvgIpc) is 3.06. The summed E-state index contributed by atoms with van der Waals surface area (Å²) in [4.78, 5) is 8.60. The van der Waals surface area contributed by atoms with Crippen LogP contribution in [0.5, 0.6) is 0 Å². The van der Waals surface area contributed by atoms with Crippen molar-refractivity contribution in [3.63, 3.8) is 0 Å². The van der Waals surface area contributed by atoms with Crippen molar-refractivity contribution in [1.29, 1.82) is 0 Å². The van der Waals surface area contributed by atoms with Crippen LogP contribution in [0.2, 0.25) is 0 Å². The topological polar surface area (TPSA) is 73.1 Å². The van der Waals surface area contributed by atoms with E-state index in [0.29, 0.717) is 37.8 Å². The van der Waals surface area contributed by atoms with Crippen molar-refractivity contribution in [2.24, 2.45) is 0 Å². The highest BCUT2D eigenvalue weighted by atomic mass is 16.5. The second kappa shape index (κ2) is 8.50. The predicted octanol–water partition coefficient (Wildman–Crippen LogP) is 2.83. The van der Waals surface area contributed by atoms with Gasteiger partial charge in [0.25, 0.3) is 0 Å². The van der Waals surface area contributed by atoms with Crippen LogP contribution in [0.1, 0.15) is 24.7 Å². The van der Waals surface area contributed by atoms with Crippen LogP contribution in [0.3, 0.4) is 0 Å². The minimum absolute atomic E-state index is 0.337. The molecule has 6 heteroatoms. The molecule has 2 heterocycles. The van der Waals surface area contributed by atoms with E-state index in [2.05, 4.69) is 15.1 Å². The molecule has 6 nitrogen and oxygen atoms in total. The molecular weight excluding hydrogens is 316 g/mol. The Labute approximate surface area is 147 Å². The summed E-state index contributed by atoms with van der Waals surface area (Å²) < 4.78 is 7.52. The van der Waals surface area contributed by atoms with Crippen LogP contribution in [-0.2, 0) is 24.5 Å². The minimum Gasteiger partial charge on any atom is -0.391 e. The quantitative estimate of drug-likeness (QED) is 0.684. The molecule has 0 bridgehead atoms. The number of aliphatic hydroxyl groups excluding tert-OH is 1. The van der Waals surface area contributed by atoms with Gasteiger partial charge in [0.05, 0.1) is 19.3 Å². The van der Waals surface area contributed by atoms with Gasteiger partial charge in [-0.05, 0) is 24.1 Å². The van der Waals surface area contributed by atoms with Crippen LogP contribution in [-0.4, -0.2) is 31.0 Å². The fourth-order valence-corrected chi connectivity index (χ4v) is 2.41. The minimum atomic E-state index is -0.458. The van der Waals surface area contributed by atoms with Gasteiger partial charge in [-0.2, -0.15) is 5.10 Å². The van der Waals surface area contributed by atoms with E-state index in [-0.39, 0.29) is 0 Å². The van der Waals surface area contributed by atoms with Gasteiger partial charge < -0.3 is 9.84 Å². The lowest BCUT2D eigenvalue weighted by atomic mass is 10.2. The zero-order valence-electron chi connectivity index (χ0n) is 14.2. The number of aliphatic hydroxyl groups is 1. The highest BCUT2D eigenvalue weighted by Gasteiger charge is 2.14. The SMILES string of the molecule is CC[C@@H](O)Cn1nc(-c2ccncc2)nc1COCc1ccccc1. The fourth-order valence-electron chi connectivity index (χ4n) is 2.41. The smallest absolute Gasteiger partial charge is 0.181 e. The van der Waals surface area contributed by atoms with Crippen molar-refractivity contribution in [3.05, 3.63) is 66.2 Å². The van der Waals surface area contributed by atoms with Crippen molar-refractivity contribution in [2.75, 3.05) is 0 Å². The largest absolute Gasteiger partial charge is 0.391 e. The van der Waals surface area contributed by atoms with Crippen molar-refractivity contribution in [3.8, 4) is 11.4 Å². The third-order valence-electron chi connectivity index (χ3n) is 3.88. The Morgan fingerprint density at radius 2 is 1.84 bits per heavy atom. The van der Waals surface area contributed by atoms with E-state index in [1.54, 1.807) is 17.1 Å². The van der Waals surface area contributed by atoms with Crippen molar-refractivity contribution >= 4 is 0 Å². The van der Waals surface area contributed by atoms with Gasteiger partial charge >= 0.3 is 0 Å². The molecule has 0 amide bonds. The van der Waals surface area contributed by atoms with Crippen LogP contribution in [0.25, 0.3) is 11.4 Å². The standard InChI is InChI=1S/C19H22N4O2/c1-2-17(24)12-23-18(14-25-13-15-6-4-3-5-7-15)21-19(22-23)16-8-10-20-11-9-16/h3-11,17,24H,2,12-14H2,1H3/t17-/m1/s1. The zero-order valence-corrected chi connectivity index (χ0v) is 14.2. The Morgan fingerprint density at radius 1 is 1.08 bits per heavy atom. The maximum absolute atomic E-state index is 9.98. The number of nitrogens with zero attached hydrogens (tertiary/aromatic N) is 4. The molecule has 25 heavy (non-hydrogen) atoms. The molecule has 1 aromatic carbocycles. The van der Waals surface area contributed by atoms with Crippen LogP contribution in [0.15, 0.2) is 54.9 Å². The van der Waals surface area contributed by atoms with Crippen LogP contribution < -0.4 is 0 Å². The van der Waals surface area contributed by atoms with Gasteiger partial charge in [-0.25, -0.2) is 9.67 Å². The van der Waals surface area contributed by atoms with Gasteiger partial charge in [0.2, 0.25) is 0 Å². The van der Waals surface area contributed by atoms with Crippen LogP contribution in [0, 0.1) is 0 Å². The molecule has 0 radical (unpaired) electrons. The average molecular weight is 338 g/mol. The van der Waals surface area contributed by atoms with Crippen molar-refractivity contribution in [1.82, 2.24) is 19.7 Å². The van der Waals surface area contributed by atoms with Gasteiger partial charge in [0.15, 0.2) is 11.6 Å². The third kappa shape index (κ3) is 4.71. The molecule has 0 aliphatic carbocycles. The molecule has 2 aromatic heterocycles. The summed E-state index contributed by atoms with van der Waals surface area (Å²) in [5.41, 5.74) is 2.00. The fraction of sp³-hybridized carbons (Fsp3) is 0.316. The second-order valence-corrected chi connectivity index (χ2v) is 5.81. The first-order valence-electron chi connectivity index (χ1n) is 8.40. The molecule has 0 spiro atoms. The van der Waals surface area contributed by atoms with E-state index in [4.69, 9.17) is 4.74 Å². The molecule has 0 saturated carbocycles. The van der Waals surface area contributed by atoms with Gasteiger partial charge in [-0.1, -0.05) is 37.3 Å². The van der Waals surface area contributed by atoms with Crippen molar-refractivity contribution in [2.45, 2.75) is 39.2 Å². The highest BCUT2D eigenvalue weighted by Crippen LogP contribution is 2.16. The Morgan fingerprint density at radius 3 is 2.56 bits per heavy atom. The Hall–Kier alpha value is -2.57. The van der Waals surface area contributed by atoms with Crippen LogP contribution >= 0.6 is 0 Å². The molecule has 0 saturated heterocycles. The van der Waals surface area contributed by atoms with Gasteiger partial charge in [0, 0.05) is 18.0 Å². The molecule has 3 aromatic rings. The number of pyridine rings is 1. The molecule has 0 fully saturated rings. The van der Waals surface area contributed by atoms with Gasteiger partial charge in [0.1, 0.15) is 6.61 Å². The lowest BCUT2D eigenvalue weighted by Gasteiger charge is -2.10. The molecule has 130 valence electrons. The van der Waals surface area contributed by atoms with E-state index in [0.717, 1.165) is 11.1 Å². The zero-order chi connectivity index (χ0) is 17.5. The summed E-state index contributed by atoms with van der Waals surface area (Å²) in [5, 5.41) is 14.5. The summed E-state index contributed by atoms with van der Waals surface area (Å²) in [7, 11) is 0. The number of aromatic nitrogens is 4. The van der Waals surface area contributed by atoms with Gasteiger partial charge in [-0.3, -0.25) is 4.98 Å². The maximum atomic E-state index is 9.98. The maximum Gasteiger partial charge on any atom is 0.181 e. The number of ether oxygens (including phenoxy) is 1. The third-order valence-corrected chi connectivity index (χ3v) is 3.88. The van der Waals surface area contributed by atoms with Crippen LogP contribution in [0.4, 0.5) is 0 Å². The van der Waals surface area contributed by atoms with E-state index in [1.165, 1.54) is 0 Å². The normalized spacial score (nSPS) is 12.2. The predicted molar refractivity (Wildman–Crippen MR) is 94.5 cm³/mol. The monoisotopic (exact) mass is 338 g/mol. The van der Waals surface area contributed by atoms with Gasteiger partial charge in [-0.15, -0.1) is 0 Å². The Kier molecular flexibility index (Phi) is 5.87. The molecule has 3 rings (SSSR count). The summed E-state index contributed by atoms with van der Waals surface area (Å²) in [5.74, 6) is 1.32.